The Morgan fingerprint density at radius 3 is 2.21 bits per heavy atom. The van der Waals surface area contributed by atoms with Gasteiger partial charge in [0.05, 0.1) is 53.4 Å². The van der Waals surface area contributed by atoms with Crippen LogP contribution in [0.5, 0.6) is 0 Å². The van der Waals surface area contributed by atoms with E-state index in [1.807, 2.05) is 13.8 Å². The molecule has 0 saturated heterocycles. The maximum Gasteiger partial charge on any atom is 0.472 e. The van der Waals surface area contributed by atoms with Crippen molar-refractivity contribution >= 4 is 22.8 Å². The van der Waals surface area contributed by atoms with Crippen LogP contribution in [0.2, 0.25) is 0 Å². The Morgan fingerprint density at radius 1 is 1.00 bits per heavy atom. The molecular weight excluding hydrogens is 484 g/mol. The van der Waals surface area contributed by atoms with Crippen LogP contribution in [0.15, 0.2) is 0 Å². The Balaban J connectivity index is 0. The fraction of sp³-hybridized carbons (Fsp3) is 0.944. The number of ether oxygens (including phenoxy) is 2. The molecule has 0 aromatic rings. The van der Waals surface area contributed by atoms with Gasteiger partial charge in [-0.2, -0.15) is 4.67 Å². The lowest BCUT2D eigenvalue weighted by atomic mass is 10.0. The molecule has 0 fully saturated rings. The number of carbonyl (C=O) groups is 1. The minimum atomic E-state index is -4.23. The lowest BCUT2D eigenvalue weighted by molar-refractivity contribution is -0.189. The lowest BCUT2D eigenvalue weighted by Crippen LogP contribution is -2.16. The molecule has 0 radical (unpaired) electrons. The van der Waals surface area contributed by atoms with Crippen molar-refractivity contribution in [3.05, 3.63) is 0 Å². The van der Waals surface area contributed by atoms with Gasteiger partial charge in [-0.25, -0.2) is 9.45 Å². The van der Waals surface area contributed by atoms with Gasteiger partial charge in [0, 0.05) is 26.2 Å². The van der Waals surface area contributed by atoms with Crippen LogP contribution < -0.4 is 5.32 Å². The van der Waals surface area contributed by atoms with E-state index in [1.54, 1.807) is 0 Å². The van der Waals surface area contributed by atoms with Crippen molar-refractivity contribution < 1.29 is 56.5 Å². The SMILES string of the molecule is CC.COOP(OC)OCCOCCOCCOP(=O)(O)OCC(CO)CCCCNC=O. The molecule has 0 heterocycles. The minimum Gasteiger partial charge on any atom is -0.396 e. The van der Waals surface area contributed by atoms with Crippen LogP contribution in [0.4, 0.5) is 0 Å². The molecule has 0 aliphatic rings. The van der Waals surface area contributed by atoms with Crippen molar-refractivity contribution in [2.24, 2.45) is 5.92 Å². The molecule has 0 aliphatic carbocycles. The van der Waals surface area contributed by atoms with Crippen molar-refractivity contribution in [3.63, 3.8) is 0 Å². The van der Waals surface area contributed by atoms with Crippen LogP contribution in [-0.2, 0) is 46.5 Å². The fourth-order valence-electron chi connectivity index (χ4n) is 2.05. The average Bonchev–Trinajstić information content (AvgIpc) is 2.82. The molecule has 0 rings (SSSR count). The normalized spacial score (nSPS) is 14.6. The second kappa shape index (κ2) is 26.3. The van der Waals surface area contributed by atoms with Gasteiger partial charge < -0.3 is 33.8 Å². The summed E-state index contributed by atoms with van der Waals surface area (Å²) in [4.78, 5) is 24.3. The van der Waals surface area contributed by atoms with E-state index in [-0.39, 0.29) is 45.6 Å². The molecule has 3 unspecified atom stereocenters. The number of phosphoric acid groups is 1. The van der Waals surface area contributed by atoms with Crippen molar-refractivity contribution in [2.75, 3.05) is 73.6 Å². The average molecular weight is 525 g/mol. The summed E-state index contributed by atoms with van der Waals surface area (Å²) in [6, 6.07) is 0. The van der Waals surface area contributed by atoms with Crippen molar-refractivity contribution in [2.45, 2.75) is 33.1 Å². The molecule has 200 valence electrons. The van der Waals surface area contributed by atoms with Gasteiger partial charge >= 0.3 is 16.4 Å². The summed E-state index contributed by atoms with van der Waals surface area (Å²) in [5, 5.41) is 11.9. The molecule has 0 aliphatic heterocycles. The summed E-state index contributed by atoms with van der Waals surface area (Å²) >= 11 is 0. The van der Waals surface area contributed by atoms with Gasteiger partial charge in [0.15, 0.2) is 0 Å². The van der Waals surface area contributed by atoms with E-state index in [2.05, 4.69) is 10.2 Å². The first-order chi connectivity index (χ1) is 16.0. The number of aliphatic hydroxyl groups is 1. The van der Waals surface area contributed by atoms with E-state index in [9.17, 15) is 19.4 Å². The quantitative estimate of drug-likeness (QED) is 0.0555. The Labute approximate surface area is 197 Å². The van der Waals surface area contributed by atoms with Gasteiger partial charge in [-0.15, -0.1) is 0 Å². The van der Waals surface area contributed by atoms with Crippen molar-refractivity contribution in [1.82, 2.24) is 5.32 Å². The van der Waals surface area contributed by atoms with E-state index < -0.39 is 16.4 Å². The monoisotopic (exact) mass is 525 g/mol. The maximum atomic E-state index is 11.8. The number of amides is 1. The molecule has 15 heteroatoms. The molecule has 0 bridgehead atoms. The van der Waals surface area contributed by atoms with Gasteiger partial charge in [-0.3, -0.25) is 13.8 Å². The highest BCUT2D eigenvalue weighted by atomic mass is 31.2. The first kappa shape index (κ1) is 34.9. The van der Waals surface area contributed by atoms with E-state index in [1.165, 1.54) is 14.2 Å². The zero-order valence-corrected chi connectivity index (χ0v) is 21.8. The van der Waals surface area contributed by atoms with Gasteiger partial charge in [0.1, 0.15) is 0 Å². The topological polar surface area (TPSA) is 160 Å². The van der Waals surface area contributed by atoms with Crippen LogP contribution in [0.25, 0.3) is 0 Å². The van der Waals surface area contributed by atoms with Crippen LogP contribution in [0.3, 0.4) is 0 Å². The number of rotatable bonds is 24. The Kier molecular flexibility index (Phi) is 27.8. The molecule has 0 aromatic heterocycles. The van der Waals surface area contributed by atoms with E-state index in [0.717, 1.165) is 12.8 Å². The summed E-state index contributed by atoms with van der Waals surface area (Å²) < 4.78 is 46.9. The Morgan fingerprint density at radius 2 is 1.64 bits per heavy atom. The second-order valence-corrected chi connectivity index (χ2v) is 8.59. The number of aliphatic hydroxyl groups excluding tert-OH is 1. The van der Waals surface area contributed by atoms with Crippen molar-refractivity contribution in [1.29, 1.82) is 0 Å². The number of nitrogens with one attached hydrogen (secondary N) is 1. The number of hydrogen-bond acceptors (Lipinski definition) is 11. The predicted molar refractivity (Wildman–Crippen MR) is 121 cm³/mol. The van der Waals surface area contributed by atoms with Gasteiger partial charge in [0.2, 0.25) is 6.41 Å². The third-order valence-electron chi connectivity index (χ3n) is 3.56. The molecule has 33 heavy (non-hydrogen) atoms. The third kappa shape index (κ3) is 24.7. The number of carbonyl (C=O) groups excluding carboxylic acids is 1. The van der Waals surface area contributed by atoms with Crippen molar-refractivity contribution in [3.8, 4) is 0 Å². The molecule has 3 atom stereocenters. The standard InChI is InChI=1S/C16H35NO12P2.C2H6/c1-22-29-30(23-2)26-11-9-24-7-8-25-10-12-27-31(20,21)28-14-16(13-18)5-3-4-6-17-15-19;1-2/h15-16,18H,3-14H2,1-2H3,(H,17,19)(H,20,21);1-2H3. The highest BCUT2D eigenvalue weighted by Crippen LogP contribution is 2.43. The zero-order valence-electron chi connectivity index (χ0n) is 20.0. The fourth-order valence-corrected chi connectivity index (χ4v) is 3.39. The molecular formula is C18H41NO12P2. The van der Waals surface area contributed by atoms with Crippen LogP contribution in [0.1, 0.15) is 33.1 Å². The summed E-state index contributed by atoms with van der Waals surface area (Å²) in [7, 11) is -3.00. The van der Waals surface area contributed by atoms with Crippen LogP contribution in [0, 0.1) is 5.92 Å². The molecule has 3 N–H and O–H groups in total. The number of hydrogen-bond donors (Lipinski definition) is 3. The largest absolute Gasteiger partial charge is 0.472 e. The second-order valence-electron chi connectivity index (χ2n) is 5.92. The molecule has 0 saturated carbocycles. The van der Waals surface area contributed by atoms with E-state index in [4.69, 9.17) is 32.2 Å². The molecule has 13 nitrogen and oxygen atoms in total. The lowest BCUT2D eigenvalue weighted by Gasteiger charge is -2.17. The smallest absolute Gasteiger partial charge is 0.396 e. The predicted octanol–water partition coefficient (Wildman–Crippen LogP) is 2.17. The van der Waals surface area contributed by atoms with Gasteiger partial charge in [-0.1, -0.05) is 20.3 Å². The number of phosphoric ester groups is 1. The summed E-state index contributed by atoms with van der Waals surface area (Å²) in [5.41, 5.74) is 0. The maximum absolute atomic E-state index is 11.8. The Hall–Kier alpha value is -0.270. The highest BCUT2D eigenvalue weighted by Gasteiger charge is 2.23. The molecule has 1 amide bonds. The first-order valence-electron chi connectivity index (χ1n) is 10.7. The third-order valence-corrected chi connectivity index (χ3v) is 5.51. The summed E-state index contributed by atoms with van der Waals surface area (Å²) in [5.74, 6) is -0.292. The Bertz CT molecular complexity index is 464. The zero-order chi connectivity index (χ0) is 25.2. The summed E-state index contributed by atoms with van der Waals surface area (Å²) in [6.07, 6.45) is 2.70. The van der Waals surface area contributed by atoms with Gasteiger partial charge in [0.25, 0.3) is 0 Å². The highest BCUT2D eigenvalue weighted by molar-refractivity contribution is 7.47. The van der Waals surface area contributed by atoms with E-state index >= 15 is 0 Å². The molecule has 0 spiro atoms. The van der Waals surface area contributed by atoms with E-state index in [0.29, 0.717) is 32.6 Å². The van der Waals surface area contributed by atoms with Gasteiger partial charge in [-0.05, 0) is 12.8 Å². The first-order valence-corrected chi connectivity index (χ1v) is 13.3. The van der Waals surface area contributed by atoms with Crippen LogP contribution in [-0.4, -0.2) is 90.0 Å². The summed E-state index contributed by atoms with van der Waals surface area (Å²) in [6.45, 7) is 5.32. The van der Waals surface area contributed by atoms with Crippen LogP contribution >= 0.6 is 16.4 Å². The molecule has 0 aromatic carbocycles. The number of unbranched alkanes of at least 4 members (excludes halogenated alkanes) is 1. The minimum absolute atomic E-state index is 0.0809.